The smallest absolute Gasteiger partial charge is 0.322 e. The molecule has 0 unspecified atom stereocenters. The van der Waals surface area contributed by atoms with E-state index in [9.17, 15) is 13.2 Å². The van der Waals surface area contributed by atoms with Crippen LogP contribution in [0.15, 0.2) is 0 Å². The van der Waals surface area contributed by atoms with E-state index >= 15 is 0 Å². The van der Waals surface area contributed by atoms with Crippen LogP contribution in [0.5, 0.6) is 0 Å². The Morgan fingerprint density at radius 3 is 2.36 bits per heavy atom. The number of carbonyl (C=O) groups excluding carboxylic acids is 1. The normalized spacial score (nSPS) is 12.6. The lowest BCUT2D eigenvalue weighted by Gasteiger charge is -2.18. The summed E-state index contributed by atoms with van der Waals surface area (Å²) in [4.78, 5) is 10.7. The van der Waals surface area contributed by atoms with Crippen molar-refractivity contribution >= 4 is 16.0 Å². The van der Waals surface area contributed by atoms with Crippen LogP contribution in [0.1, 0.15) is 13.8 Å². The quantitative estimate of drug-likeness (QED) is 0.572. The SMILES string of the molecule is COC(=O)CS(=O)(=O)NCC(C)(C)N. The second-order valence-electron chi connectivity index (χ2n) is 3.64. The molecule has 0 heterocycles. The zero-order chi connectivity index (χ0) is 11.4. The first kappa shape index (κ1) is 13.3. The second kappa shape index (κ2) is 4.72. The number of nitrogens with two attached hydrogens (primary N) is 1. The third-order valence-corrected chi connectivity index (χ3v) is 2.48. The summed E-state index contributed by atoms with van der Waals surface area (Å²) in [5.74, 6) is -1.48. The molecular formula is C7H16N2O4S. The highest BCUT2D eigenvalue weighted by Crippen LogP contribution is 1.95. The molecule has 84 valence electrons. The largest absolute Gasteiger partial charge is 0.468 e. The van der Waals surface area contributed by atoms with E-state index in [2.05, 4.69) is 9.46 Å². The fourth-order valence-corrected chi connectivity index (χ4v) is 1.68. The molecule has 0 rings (SSSR count). The van der Waals surface area contributed by atoms with Crippen molar-refractivity contribution in [3.8, 4) is 0 Å². The van der Waals surface area contributed by atoms with Crippen molar-refractivity contribution in [2.45, 2.75) is 19.4 Å². The Hall–Kier alpha value is -0.660. The zero-order valence-electron chi connectivity index (χ0n) is 8.53. The maximum absolute atomic E-state index is 11.2. The van der Waals surface area contributed by atoms with E-state index in [1.807, 2.05) is 0 Å². The molecule has 0 aromatic carbocycles. The van der Waals surface area contributed by atoms with Gasteiger partial charge >= 0.3 is 5.97 Å². The van der Waals surface area contributed by atoms with Crippen molar-refractivity contribution in [3.63, 3.8) is 0 Å². The molecular weight excluding hydrogens is 208 g/mol. The minimum Gasteiger partial charge on any atom is -0.468 e. The molecule has 0 aliphatic heterocycles. The molecule has 0 saturated carbocycles. The molecule has 0 spiro atoms. The summed E-state index contributed by atoms with van der Waals surface area (Å²) in [6.45, 7) is 3.42. The molecule has 3 N–H and O–H groups in total. The number of rotatable bonds is 5. The van der Waals surface area contributed by atoms with Crippen molar-refractivity contribution in [2.24, 2.45) is 5.73 Å². The van der Waals surface area contributed by atoms with Crippen LogP contribution in [-0.4, -0.2) is 39.3 Å². The first-order valence-corrected chi connectivity index (χ1v) is 5.64. The molecule has 0 saturated heterocycles. The number of esters is 1. The van der Waals surface area contributed by atoms with Gasteiger partial charge in [0.2, 0.25) is 10.0 Å². The summed E-state index contributed by atoms with van der Waals surface area (Å²) in [5, 5.41) is 0. The van der Waals surface area contributed by atoms with E-state index in [1.54, 1.807) is 13.8 Å². The standard InChI is InChI=1S/C7H16N2O4S/c1-7(2,8)5-9-14(11,12)4-6(10)13-3/h9H,4-5,8H2,1-3H3. The summed E-state index contributed by atoms with van der Waals surface area (Å²) in [6.07, 6.45) is 0. The number of hydrogen-bond acceptors (Lipinski definition) is 5. The van der Waals surface area contributed by atoms with Crippen molar-refractivity contribution < 1.29 is 17.9 Å². The molecule has 0 aliphatic rings. The molecule has 7 heteroatoms. The first-order chi connectivity index (χ1) is 6.16. The summed E-state index contributed by atoms with van der Waals surface area (Å²) in [6, 6.07) is 0. The van der Waals surface area contributed by atoms with Crippen molar-refractivity contribution in [1.82, 2.24) is 4.72 Å². The van der Waals surface area contributed by atoms with E-state index in [1.165, 1.54) is 0 Å². The van der Waals surface area contributed by atoms with Gasteiger partial charge in [-0.15, -0.1) is 0 Å². The number of ether oxygens (including phenoxy) is 1. The van der Waals surface area contributed by atoms with Gasteiger partial charge in [-0.1, -0.05) is 0 Å². The van der Waals surface area contributed by atoms with Gasteiger partial charge < -0.3 is 10.5 Å². The van der Waals surface area contributed by atoms with E-state index in [4.69, 9.17) is 5.73 Å². The Morgan fingerprint density at radius 1 is 1.50 bits per heavy atom. The van der Waals surface area contributed by atoms with Gasteiger partial charge in [0.15, 0.2) is 5.75 Å². The third kappa shape index (κ3) is 6.81. The molecule has 0 atom stereocenters. The molecule has 14 heavy (non-hydrogen) atoms. The van der Waals surface area contributed by atoms with Crippen LogP contribution in [0.3, 0.4) is 0 Å². The average molecular weight is 224 g/mol. The summed E-state index contributed by atoms with van der Waals surface area (Å²) in [7, 11) is -2.50. The Balaban J connectivity index is 4.17. The highest BCUT2D eigenvalue weighted by atomic mass is 32.2. The van der Waals surface area contributed by atoms with Gasteiger partial charge in [0, 0.05) is 12.1 Å². The Bertz CT molecular complexity index is 291. The van der Waals surface area contributed by atoms with Crippen LogP contribution in [0.25, 0.3) is 0 Å². The van der Waals surface area contributed by atoms with E-state index < -0.39 is 27.3 Å². The second-order valence-corrected chi connectivity index (χ2v) is 5.45. The molecule has 0 radical (unpaired) electrons. The van der Waals surface area contributed by atoms with E-state index in [-0.39, 0.29) is 6.54 Å². The maximum atomic E-state index is 11.2. The van der Waals surface area contributed by atoms with Crippen molar-refractivity contribution in [1.29, 1.82) is 0 Å². The highest BCUT2D eigenvalue weighted by molar-refractivity contribution is 7.90. The summed E-state index contributed by atoms with van der Waals surface area (Å²) < 4.78 is 28.8. The third-order valence-electron chi connectivity index (χ3n) is 1.28. The lowest BCUT2D eigenvalue weighted by molar-refractivity contribution is -0.137. The Kier molecular flexibility index (Phi) is 4.50. The Labute approximate surface area is 83.9 Å². The predicted octanol–water partition coefficient (Wildman–Crippen LogP) is -1.18. The molecule has 6 nitrogen and oxygen atoms in total. The van der Waals surface area contributed by atoms with Gasteiger partial charge in [-0.3, -0.25) is 4.79 Å². The monoisotopic (exact) mass is 224 g/mol. The molecule has 0 aromatic heterocycles. The predicted molar refractivity (Wildman–Crippen MR) is 52.1 cm³/mol. The van der Waals surface area contributed by atoms with Crippen LogP contribution in [0.4, 0.5) is 0 Å². The lowest BCUT2D eigenvalue weighted by Crippen LogP contribution is -2.46. The number of hydrogen-bond donors (Lipinski definition) is 2. The van der Waals surface area contributed by atoms with Crippen LogP contribution < -0.4 is 10.5 Å². The van der Waals surface area contributed by atoms with Crippen LogP contribution in [-0.2, 0) is 19.6 Å². The van der Waals surface area contributed by atoms with E-state index in [0.717, 1.165) is 7.11 Å². The minimum atomic E-state index is -3.63. The number of nitrogens with one attached hydrogen (secondary N) is 1. The molecule has 0 fully saturated rings. The summed E-state index contributed by atoms with van der Waals surface area (Å²) in [5.41, 5.74) is 4.91. The lowest BCUT2D eigenvalue weighted by atomic mass is 10.1. The first-order valence-electron chi connectivity index (χ1n) is 3.99. The molecule has 0 amide bonds. The average Bonchev–Trinajstić information content (AvgIpc) is 1.99. The van der Waals surface area contributed by atoms with Crippen molar-refractivity contribution in [2.75, 3.05) is 19.4 Å². The van der Waals surface area contributed by atoms with Crippen LogP contribution in [0.2, 0.25) is 0 Å². The van der Waals surface area contributed by atoms with Gasteiger partial charge in [0.05, 0.1) is 7.11 Å². The number of methoxy groups -OCH3 is 1. The Morgan fingerprint density at radius 2 is 2.00 bits per heavy atom. The van der Waals surface area contributed by atoms with Gasteiger partial charge in [0.25, 0.3) is 0 Å². The minimum absolute atomic E-state index is 0.0757. The van der Waals surface area contributed by atoms with Gasteiger partial charge in [-0.05, 0) is 13.8 Å². The molecule has 0 aliphatic carbocycles. The molecule has 0 bridgehead atoms. The van der Waals surface area contributed by atoms with Gasteiger partial charge in [-0.2, -0.15) is 0 Å². The highest BCUT2D eigenvalue weighted by Gasteiger charge is 2.19. The summed E-state index contributed by atoms with van der Waals surface area (Å²) >= 11 is 0. The number of sulfonamides is 1. The van der Waals surface area contributed by atoms with Gasteiger partial charge in [-0.25, -0.2) is 13.1 Å². The zero-order valence-corrected chi connectivity index (χ0v) is 9.35. The maximum Gasteiger partial charge on any atom is 0.322 e. The topological polar surface area (TPSA) is 98.5 Å². The van der Waals surface area contributed by atoms with Gasteiger partial charge in [0.1, 0.15) is 0 Å². The van der Waals surface area contributed by atoms with E-state index in [0.29, 0.717) is 0 Å². The van der Waals surface area contributed by atoms with Crippen LogP contribution in [0, 0.1) is 0 Å². The molecule has 0 aromatic rings. The van der Waals surface area contributed by atoms with Crippen LogP contribution >= 0.6 is 0 Å². The fourth-order valence-electron chi connectivity index (χ4n) is 0.561. The van der Waals surface area contributed by atoms with Crippen molar-refractivity contribution in [3.05, 3.63) is 0 Å². The fraction of sp³-hybridized carbons (Fsp3) is 0.857. The number of carbonyl (C=O) groups is 1.